The van der Waals surface area contributed by atoms with E-state index in [-0.39, 0.29) is 22.6 Å². The second-order valence-corrected chi connectivity index (χ2v) is 7.11. The maximum Gasteiger partial charge on any atom is 0.179 e. The number of nitrogens with two attached hydrogens (primary N) is 1. The van der Waals surface area contributed by atoms with Gasteiger partial charge in [-0.3, -0.25) is 10.3 Å². The van der Waals surface area contributed by atoms with Crippen molar-refractivity contribution in [3.63, 3.8) is 0 Å². The number of sulfone groups is 1. The predicted octanol–water partition coefficient (Wildman–Crippen LogP) is -0.189. The molecule has 0 spiro atoms. The molecule has 1 aliphatic heterocycles. The molecule has 1 saturated heterocycles. The summed E-state index contributed by atoms with van der Waals surface area (Å²) in [6.07, 6.45) is 0.362. The second kappa shape index (κ2) is 5.90. The molecule has 0 aromatic heterocycles. The normalized spacial score (nSPS) is 20.1. The Morgan fingerprint density at radius 1 is 1.40 bits per heavy atom. The number of hydrogen-bond donors (Lipinski definition) is 3. The fourth-order valence-electron chi connectivity index (χ4n) is 2.22. The number of aliphatic hydroxyl groups excluding tert-OH is 1. The van der Waals surface area contributed by atoms with E-state index in [9.17, 15) is 13.5 Å². The van der Waals surface area contributed by atoms with Crippen molar-refractivity contribution < 1.29 is 13.5 Å². The van der Waals surface area contributed by atoms with Gasteiger partial charge in [0.2, 0.25) is 0 Å². The van der Waals surface area contributed by atoms with Gasteiger partial charge in [0.15, 0.2) is 9.84 Å². The molecule has 0 radical (unpaired) electrons. The molecule has 1 unspecified atom stereocenters. The first kappa shape index (κ1) is 15.0. The summed E-state index contributed by atoms with van der Waals surface area (Å²) < 4.78 is 24.4. The van der Waals surface area contributed by atoms with Crippen LogP contribution in [0, 0.1) is 5.41 Å². The van der Waals surface area contributed by atoms with E-state index in [4.69, 9.17) is 11.1 Å². The number of nitrogen functional groups attached to an aromatic ring is 1. The van der Waals surface area contributed by atoms with Crippen LogP contribution in [-0.2, 0) is 9.84 Å². The largest absolute Gasteiger partial charge is 0.392 e. The molecule has 1 atom stereocenters. The van der Waals surface area contributed by atoms with Crippen LogP contribution in [0.15, 0.2) is 29.2 Å². The summed E-state index contributed by atoms with van der Waals surface area (Å²) in [5.74, 6) is -0.0564. The van der Waals surface area contributed by atoms with E-state index >= 15 is 0 Å². The molecule has 1 aromatic carbocycles. The van der Waals surface area contributed by atoms with Crippen LogP contribution < -0.4 is 5.73 Å². The summed E-state index contributed by atoms with van der Waals surface area (Å²) in [4.78, 5) is 2.19. The predicted molar refractivity (Wildman–Crippen MR) is 76.6 cm³/mol. The summed E-state index contributed by atoms with van der Waals surface area (Å²) in [6.45, 7) is 1.70. The fraction of sp³-hybridized carbons (Fsp3) is 0.462. The number of amidine groups is 1. The van der Waals surface area contributed by atoms with Gasteiger partial charge in [0.05, 0.1) is 16.8 Å². The van der Waals surface area contributed by atoms with Crippen LogP contribution in [0.4, 0.5) is 0 Å². The lowest BCUT2D eigenvalue weighted by Gasteiger charge is -2.14. The van der Waals surface area contributed by atoms with Crippen LogP contribution in [0.1, 0.15) is 12.0 Å². The van der Waals surface area contributed by atoms with Gasteiger partial charge in [0.1, 0.15) is 5.84 Å². The van der Waals surface area contributed by atoms with Crippen molar-refractivity contribution >= 4 is 15.7 Å². The summed E-state index contributed by atoms with van der Waals surface area (Å²) in [6, 6.07) is 6.03. The number of β-amino-alcohol motifs (C(OH)–C–C–N with tert-alkyl or cyclic N) is 1. The SMILES string of the molecule is N=C(N)c1ccc(S(=O)(=O)CCN2CCC(O)C2)cc1. The fourth-order valence-corrected chi connectivity index (χ4v) is 3.51. The second-order valence-electron chi connectivity index (χ2n) is 5.00. The lowest BCUT2D eigenvalue weighted by molar-refractivity contribution is 0.178. The minimum absolute atomic E-state index is 0.0269. The summed E-state index contributed by atoms with van der Waals surface area (Å²) >= 11 is 0. The van der Waals surface area contributed by atoms with Gasteiger partial charge in [-0.1, -0.05) is 12.1 Å². The van der Waals surface area contributed by atoms with E-state index in [0.717, 1.165) is 6.54 Å². The molecule has 1 fully saturated rings. The highest BCUT2D eigenvalue weighted by atomic mass is 32.2. The Bertz CT molecular complexity index is 583. The number of rotatable bonds is 5. The van der Waals surface area contributed by atoms with E-state index < -0.39 is 9.84 Å². The van der Waals surface area contributed by atoms with Crippen LogP contribution in [0.3, 0.4) is 0 Å². The van der Waals surface area contributed by atoms with Gasteiger partial charge >= 0.3 is 0 Å². The van der Waals surface area contributed by atoms with Crippen molar-refractivity contribution in [2.75, 3.05) is 25.4 Å². The molecule has 1 aliphatic rings. The lowest BCUT2D eigenvalue weighted by Crippen LogP contribution is -2.28. The minimum Gasteiger partial charge on any atom is -0.392 e. The Kier molecular flexibility index (Phi) is 4.42. The van der Waals surface area contributed by atoms with E-state index in [0.29, 0.717) is 25.1 Å². The van der Waals surface area contributed by atoms with Gasteiger partial charge in [-0.2, -0.15) is 0 Å². The smallest absolute Gasteiger partial charge is 0.179 e. The molecular weight excluding hydrogens is 278 g/mol. The summed E-state index contributed by atoms with van der Waals surface area (Å²) in [5, 5.41) is 16.7. The molecule has 20 heavy (non-hydrogen) atoms. The first-order valence-corrected chi connectivity index (χ1v) is 8.11. The molecule has 1 heterocycles. The van der Waals surface area contributed by atoms with Crippen LogP contribution >= 0.6 is 0 Å². The van der Waals surface area contributed by atoms with Gasteiger partial charge < -0.3 is 10.8 Å². The van der Waals surface area contributed by atoms with Crippen LogP contribution in [-0.4, -0.2) is 55.8 Å². The third-order valence-electron chi connectivity index (χ3n) is 3.45. The van der Waals surface area contributed by atoms with Crippen molar-refractivity contribution in [3.05, 3.63) is 29.8 Å². The highest BCUT2D eigenvalue weighted by molar-refractivity contribution is 7.91. The summed E-state index contributed by atoms with van der Waals surface area (Å²) in [7, 11) is -3.34. The van der Waals surface area contributed by atoms with Gasteiger partial charge in [0.25, 0.3) is 0 Å². The van der Waals surface area contributed by atoms with E-state index in [1.807, 2.05) is 4.90 Å². The topological polar surface area (TPSA) is 107 Å². The van der Waals surface area contributed by atoms with Gasteiger partial charge in [0, 0.05) is 25.2 Å². The third kappa shape index (κ3) is 3.56. The standard InChI is InChI=1S/C13H19N3O3S/c14-13(15)10-1-3-12(4-2-10)20(18,19)8-7-16-6-5-11(17)9-16/h1-4,11,17H,5-9H2,(H3,14,15). The average Bonchev–Trinajstić information content (AvgIpc) is 2.82. The molecule has 6 nitrogen and oxygen atoms in total. The Morgan fingerprint density at radius 2 is 2.05 bits per heavy atom. The minimum atomic E-state index is -3.34. The van der Waals surface area contributed by atoms with Crippen LogP contribution in [0.2, 0.25) is 0 Å². The molecule has 0 bridgehead atoms. The molecule has 7 heteroatoms. The van der Waals surface area contributed by atoms with Gasteiger partial charge in [-0.05, 0) is 18.6 Å². The number of nitrogens with zero attached hydrogens (tertiary/aromatic N) is 1. The average molecular weight is 297 g/mol. The van der Waals surface area contributed by atoms with Crippen molar-refractivity contribution in [1.82, 2.24) is 4.90 Å². The third-order valence-corrected chi connectivity index (χ3v) is 5.16. The molecular formula is C13H19N3O3S. The summed E-state index contributed by atoms with van der Waals surface area (Å²) in [5.41, 5.74) is 5.84. The van der Waals surface area contributed by atoms with Gasteiger partial charge in [-0.25, -0.2) is 8.42 Å². The number of benzene rings is 1. The Labute approximate surface area is 118 Å². The molecule has 0 amide bonds. The Balaban J connectivity index is 2.00. The quantitative estimate of drug-likeness (QED) is 0.516. The molecule has 1 aromatic rings. The zero-order chi connectivity index (χ0) is 14.8. The van der Waals surface area contributed by atoms with Crippen molar-refractivity contribution in [1.29, 1.82) is 5.41 Å². The maximum atomic E-state index is 12.2. The monoisotopic (exact) mass is 297 g/mol. The van der Waals surface area contributed by atoms with Crippen molar-refractivity contribution in [2.24, 2.45) is 5.73 Å². The van der Waals surface area contributed by atoms with Crippen molar-refractivity contribution in [3.8, 4) is 0 Å². The molecule has 0 aliphatic carbocycles. The zero-order valence-corrected chi connectivity index (χ0v) is 11.9. The van der Waals surface area contributed by atoms with Crippen LogP contribution in [0.25, 0.3) is 0 Å². The highest BCUT2D eigenvalue weighted by Gasteiger charge is 2.22. The zero-order valence-electron chi connectivity index (χ0n) is 11.1. The molecule has 4 N–H and O–H groups in total. The molecule has 0 saturated carbocycles. The van der Waals surface area contributed by atoms with Crippen LogP contribution in [0.5, 0.6) is 0 Å². The highest BCUT2D eigenvalue weighted by Crippen LogP contribution is 2.14. The lowest BCUT2D eigenvalue weighted by atomic mass is 10.2. The molecule has 2 rings (SSSR count). The van der Waals surface area contributed by atoms with E-state index in [1.54, 1.807) is 0 Å². The van der Waals surface area contributed by atoms with E-state index in [1.165, 1.54) is 24.3 Å². The maximum absolute atomic E-state index is 12.2. The van der Waals surface area contributed by atoms with E-state index in [2.05, 4.69) is 0 Å². The number of nitrogens with one attached hydrogen (secondary N) is 1. The Hall–Kier alpha value is -1.44. The first-order chi connectivity index (χ1) is 9.38. The number of hydrogen-bond acceptors (Lipinski definition) is 5. The van der Waals surface area contributed by atoms with Crippen molar-refractivity contribution in [2.45, 2.75) is 17.4 Å². The molecule has 110 valence electrons. The Morgan fingerprint density at radius 3 is 2.55 bits per heavy atom. The van der Waals surface area contributed by atoms with Gasteiger partial charge in [-0.15, -0.1) is 0 Å². The first-order valence-electron chi connectivity index (χ1n) is 6.46. The number of likely N-dealkylation sites (tertiary alicyclic amines) is 1. The number of aliphatic hydroxyl groups is 1.